The molecule has 0 bridgehead atoms. The number of hydrogen-bond acceptors (Lipinski definition) is 6. The molecule has 0 aliphatic heterocycles. The summed E-state index contributed by atoms with van der Waals surface area (Å²) in [4.78, 5) is 4.36. The number of benzene rings is 3. The van der Waals surface area contributed by atoms with E-state index in [0.29, 0.717) is 33.2 Å². The van der Waals surface area contributed by atoms with Crippen LogP contribution in [0.1, 0.15) is 16.7 Å². The van der Waals surface area contributed by atoms with Crippen LogP contribution in [0.2, 0.25) is 0 Å². The summed E-state index contributed by atoms with van der Waals surface area (Å²) >= 11 is 1.42. The van der Waals surface area contributed by atoms with E-state index >= 15 is 0 Å². The van der Waals surface area contributed by atoms with Gasteiger partial charge in [-0.15, -0.1) is 11.8 Å². The highest BCUT2D eigenvalue weighted by Gasteiger charge is 2.20. The number of hydrogen-bond donors (Lipinski definition) is 1. The van der Waals surface area contributed by atoms with Crippen molar-refractivity contribution in [3.63, 3.8) is 0 Å². The van der Waals surface area contributed by atoms with E-state index in [2.05, 4.69) is 17.1 Å². The molecule has 0 spiro atoms. The Hall–Kier alpha value is -4.26. The Morgan fingerprint density at radius 3 is 2.00 bits per heavy atom. The van der Waals surface area contributed by atoms with Crippen LogP contribution in [0.4, 0.5) is 5.82 Å². The Bertz CT molecular complexity index is 1310. The van der Waals surface area contributed by atoms with Gasteiger partial charge in [-0.1, -0.05) is 60.7 Å². The number of para-hydroxylation sites is 1. The predicted octanol–water partition coefficient (Wildman–Crippen LogP) is 6.16. The topological polar surface area (TPSA) is 95.7 Å². The normalized spacial score (nSPS) is 10.2. The second kappa shape index (κ2) is 9.70. The number of rotatable bonds is 6. The lowest BCUT2D eigenvalue weighted by Crippen LogP contribution is -2.03. The first kappa shape index (κ1) is 21.0. The summed E-state index contributed by atoms with van der Waals surface area (Å²) in [5.41, 5.74) is 8.95. The smallest absolute Gasteiger partial charge is 0.143 e. The fourth-order valence-electron chi connectivity index (χ4n) is 3.23. The van der Waals surface area contributed by atoms with E-state index in [1.807, 2.05) is 72.8 Å². The van der Waals surface area contributed by atoms with Crippen LogP contribution in [0.5, 0.6) is 11.5 Å². The Balaban J connectivity index is 1.70. The maximum absolute atomic E-state index is 9.94. The molecule has 0 saturated carbocycles. The second-order valence-electron chi connectivity index (χ2n) is 6.86. The zero-order chi connectivity index (χ0) is 22.3. The minimum Gasteiger partial charge on any atom is -0.457 e. The van der Waals surface area contributed by atoms with E-state index in [0.717, 1.165) is 11.3 Å². The molecule has 0 unspecified atom stereocenters. The van der Waals surface area contributed by atoms with Crippen molar-refractivity contribution in [1.29, 1.82) is 10.5 Å². The molecule has 5 nitrogen and oxygen atoms in total. The van der Waals surface area contributed by atoms with Gasteiger partial charge in [0.1, 0.15) is 40.0 Å². The van der Waals surface area contributed by atoms with Gasteiger partial charge in [0.25, 0.3) is 0 Å². The third-order valence-electron chi connectivity index (χ3n) is 4.76. The van der Waals surface area contributed by atoms with Crippen molar-refractivity contribution in [2.45, 2.75) is 10.8 Å². The van der Waals surface area contributed by atoms with Crippen LogP contribution in [-0.2, 0) is 5.75 Å². The number of nitrogens with zero attached hydrogens (tertiary/aromatic N) is 3. The first-order valence-electron chi connectivity index (χ1n) is 9.83. The molecule has 4 aromatic rings. The average molecular weight is 435 g/mol. The van der Waals surface area contributed by atoms with Crippen LogP contribution < -0.4 is 10.5 Å². The first-order chi connectivity index (χ1) is 15.7. The van der Waals surface area contributed by atoms with E-state index in [4.69, 9.17) is 10.5 Å². The van der Waals surface area contributed by atoms with Crippen LogP contribution in [0, 0.1) is 22.7 Å². The lowest BCUT2D eigenvalue weighted by Gasteiger charge is -2.13. The molecular weight excluding hydrogens is 416 g/mol. The predicted molar refractivity (Wildman–Crippen MR) is 126 cm³/mol. The highest BCUT2D eigenvalue weighted by Crippen LogP contribution is 2.37. The van der Waals surface area contributed by atoms with Gasteiger partial charge in [0.15, 0.2) is 0 Å². The van der Waals surface area contributed by atoms with Crippen molar-refractivity contribution in [1.82, 2.24) is 4.98 Å². The number of pyridine rings is 1. The Morgan fingerprint density at radius 2 is 1.38 bits per heavy atom. The highest BCUT2D eigenvalue weighted by atomic mass is 32.2. The molecule has 0 atom stereocenters. The third kappa shape index (κ3) is 4.57. The number of aromatic nitrogens is 1. The molecule has 1 heterocycles. The molecule has 2 N–H and O–H groups in total. The molecule has 32 heavy (non-hydrogen) atoms. The van der Waals surface area contributed by atoms with Crippen molar-refractivity contribution in [3.05, 3.63) is 102 Å². The fraction of sp³-hybridized carbons (Fsp3) is 0.0385. The molecule has 0 aliphatic carbocycles. The minimum atomic E-state index is 0.113. The van der Waals surface area contributed by atoms with Crippen LogP contribution in [0.15, 0.2) is 90.0 Å². The largest absolute Gasteiger partial charge is 0.457 e. The summed E-state index contributed by atoms with van der Waals surface area (Å²) in [6.07, 6.45) is 0. The molecule has 154 valence electrons. The SMILES string of the molecule is N#Cc1c(N)nc(SCc2ccccc2)c(C#N)c1-c1ccc(Oc2ccccc2)cc1. The van der Waals surface area contributed by atoms with E-state index in [9.17, 15) is 10.5 Å². The van der Waals surface area contributed by atoms with Crippen molar-refractivity contribution in [2.24, 2.45) is 0 Å². The lowest BCUT2D eigenvalue weighted by molar-refractivity contribution is 0.483. The molecular formula is C26H18N4OS. The quantitative estimate of drug-likeness (QED) is 0.365. The van der Waals surface area contributed by atoms with Gasteiger partial charge < -0.3 is 10.5 Å². The third-order valence-corrected chi connectivity index (χ3v) is 5.80. The highest BCUT2D eigenvalue weighted by molar-refractivity contribution is 7.98. The zero-order valence-corrected chi connectivity index (χ0v) is 17.8. The van der Waals surface area contributed by atoms with Crippen LogP contribution in [-0.4, -0.2) is 4.98 Å². The summed E-state index contributed by atoms with van der Waals surface area (Å²) in [6.45, 7) is 0. The Labute approximate surface area is 190 Å². The molecule has 6 heteroatoms. The van der Waals surface area contributed by atoms with E-state index in [-0.39, 0.29) is 11.4 Å². The number of anilines is 1. The molecule has 0 amide bonds. The van der Waals surface area contributed by atoms with Crippen molar-refractivity contribution >= 4 is 17.6 Å². The number of nitriles is 2. The summed E-state index contributed by atoms with van der Waals surface area (Å²) < 4.78 is 5.85. The molecule has 4 rings (SSSR count). The van der Waals surface area contributed by atoms with Gasteiger partial charge >= 0.3 is 0 Å². The fourth-order valence-corrected chi connectivity index (χ4v) is 4.18. The minimum absolute atomic E-state index is 0.113. The van der Waals surface area contributed by atoms with Crippen LogP contribution in [0.3, 0.4) is 0 Å². The van der Waals surface area contributed by atoms with Crippen molar-refractivity contribution < 1.29 is 4.74 Å². The Kier molecular flexibility index (Phi) is 6.36. The molecule has 0 aliphatic rings. The summed E-state index contributed by atoms with van der Waals surface area (Å²) in [5, 5.41) is 20.2. The van der Waals surface area contributed by atoms with Crippen molar-refractivity contribution in [3.8, 4) is 34.8 Å². The number of thioether (sulfide) groups is 1. The monoisotopic (exact) mass is 434 g/mol. The second-order valence-corrected chi connectivity index (χ2v) is 7.83. The molecule has 0 radical (unpaired) electrons. The molecule has 3 aromatic carbocycles. The number of nitrogen functional groups attached to an aromatic ring is 1. The number of nitrogens with two attached hydrogens (primary N) is 1. The van der Waals surface area contributed by atoms with E-state index < -0.39 is 0 Å². The molecule has 0 saturated heterocycles. The maximum Gasteiger partial charge on any atom is 0.143 e. The maximum atomic E-state index is 9.94. The summed E-state index contributed by atoms with van der Waals surface area (Å²) in [7, 11) is 0. The average Bonchev–Trinajstić information content (AvgIpc) is 2.84. The van der Waals surface area contributed by atoms with Gasteiger partial charge in [0, 0.05) is 11.3 Å². The van der Waals surface area contributed by atoms with Gasteiger partial charge in [0.2, 0.25) is 0 Å². The first-order valence-corrected chi connectivity index (χ1v) is 10.8. The number of ether oxygens (including phenoxy) is 1. The lowest BCUT2D eigenvalue weighted by atomic mass is 9.97. The van der Waals surface area contributed by atoms with Crippen LogP contribution in [0.25, 0.3) is 11.1 Å². The Morgan fingerprint density at radius 1 is 0.781 bits per heavy atom. The van der Waals surface area contributed by atoms with Gasteiger partial charge in [-0.2, -0.15) is 10.5 Å². The standard InChI is InChI=1S/C26H18N4OS/c27-15-22-24(19-11-13-21(14-12-19)31-20-9-5-2-6-10-20)23(16-28)26(30-25(22)29)32-17-18-7-3-1-4-8-18/h1-14H,17H2,(H2,29,30). The van der Waals surface area contributed by atoms with Gasteiger partial charge in [-0.05, 0) is 35.4 Å². The van der Waals surface area contributed by atoms with Crippen molar-refractivity contribution in [2.75, 3.05) is 5.73 Å². The van der Waals surface area contributed by atoms with Crippen LogP contribution >= 0.6 is 11.8 Å². The van der Waals surface area contributed by atoms with Gasteiger partial charge in [-0.3, -0.25) is 0 Å². The van der Waals surface area contributed by atoms with E-state index in [1.54, 1.807) is 12.1 Å². The summed E-state index contributed by atoms with van der Waals surface area (Å²) in [5.74, 6) is 2.12. The van der Waals surface area contributed by atoms with Gasteiger partial charge in [0.05, 0.1) is 5.56 Å². The van der Waals surface area contributed by atoms with Gasteiger partial charge in [-0.25, -0.2) is 4.98 Å². The molecule has 1 aromatic heterocycles. The van der Waals surface area contributed by atoms with E-state index in [1.165, 1.54) is 11.8 Å². The molecule has 0 fully saturated rings. The summed E-state index contributed by atoms with van der Waals surface area (Å²) in [6, 6.07) is 31.0. The zero-order valence-electron chi connectivity index (χ0n) is 17.0.